The van der Waals surface area contributed by atoms with Gasteiger partial charge >= 0.3 is 5.69 Å². The number of hydrogen-bond donors (Lipinski definition) is 1. The van der Waals surface area contributed by atoms with E-state index in [1.165, 1.54) is 29.8 Å². The Labute approximate surface area is 178 Å². The normalized spacial score (nSPS) is 14.3. The summed E-state index contributed by atoms with van der Waals surface area (Å²) in [5.41, 5.74) is 0.0919. The van der Waals surface area contributed by atoms with Crippen LogP contribution in [-0.4, -0.2) is 58.2 Å². The molecule has 1 fully saturated rings. The molecule has 11 heteroatoms. The molecule has 2 heterocycles. The first-order valence-corrected chi connectivity index (χ1v) is 9.98. The summed E-state index contributed by atoms with van der Waals surface area (Å²) in [5, 5.41) is 23.2. The highest BCUT2D eigenvalue weighted by Crippen LogP contribution is 2.21. The molecule has 3 rings (SSSR count). The Morgan fingerprint density at radius 2 is 1.84 bits per heavy atom. The van der Waals surface area contributed by atoms with Crippen LogP contribution in [0.3, 0.4) is 0 Å². The molecule has 0 amide bonds. The fourth-order valence-electron chi connectivity index (χ4n) is 3.64. The summed E-state index contributed by atoms with van der Waals surface area (Å²) in [4.78, 5) is 38.8. The van der Waals surface area contributed by atoms with Gasteiger partial charge in [0.25, 0.3) is 11.2 Å². The molecule has 0 unspecified atom stereocenters. The third-order valence-corrected chi connectivity index (χ3v) is 5.50. The van der Waals surface area contributed by atoms with Gasteiger partial charge in [-0.3, -0.25) is 28.9 Å². The second-order valence-electron chi connectivity index (χ2n) is 7.45. The standard InChI is InChI=1S/C20H25N7O4/c1-23-18(13-19(28)24(2)20(23)29)26-10-8-25(9-11-26)7-3-6-22-17-5-4-16(27(30)31)12-15(17)14-21/h4-5,12-13,22H,3,6-11H2,1-2H3. The molecule has 0 radical (unpaired) electrons. The van der Waals surface area contributed by atoms with Gasteiger partial charge in [-0.05, 0) is 19.0 Å². The number of aromatic nitrogens is 2. The van der Waals surface area contributed by atoms with E-state index in [0.717, 1.165) is 43.7 Å². The van der Waals surface area contributed by atoms with Crippen LogP contribution in [0.5, 0.6) is 0 Å². The Morgan fingerprint density at radius 1 is 1.13 bits per heavy atom. The van der Waals surface area contributed by atoms with E-state index in [0.29, 0.717) is 18.1 Å². The lowest BCUT2D eigenvalue weighted by Crippen LogP contribution is -2.49. The summed E-state index contributed by atoms with van der Waals surface area (Å²) < 4.78 is 2.59. The summed E-state index contributed by atoms with van der Waals surface area (Å²) in [5.74, 6) is 0.636. The highest BCUT2D eigenvalue weighted by molar-refractivity contribution is 5.61. The molecule has 0 bridgehead atoms. The van der Waals surface area contributed by atoms with Crippen LogP contribution in [0.4, 0.5) is 17.2 Å². The Bertz CT molecular complexity index is 1120. The van der Waals surface area contributed by atoms with Gasteiger partial charge < -0.3 is 10.2 Å². The predicted molar refractivity (Wildman–Crippen MR) is 116 cm³/mol. The summed E-state index contributed by atoms with van der Waals surface area (Å²) in [6, 6.07) is 7.70. The molecule has 2 aromatic rings. The van der Waals surface area contributed by atoms with Gasteiger partial charge in [-0.2, -0.15) is 5.26 Å². The van der Waals surface area contributed by atoms with Crippen LogP contribution in [0.1, 0.15) is 12.0 Å². The maximum absolute atomic E-state index is 12.1. The third-order valence-electron chi connectivity index (χ3n) is 5.50. The number of rotatable bonds is 7. The van der Waals surface area contributed by atoms with E-state index in [-0.39, 0.29) is 22.5 Å². The predicted octanol–water partition coefficient (Wildman–Crippen LogP) is 0.488. The van der Waals surface area contributed by atoms with Crippen molar-refractivity contribution in [3.8, 4) is 6.07 Å². The number of piperazine rings is 1. The molecular formula is C20H25N7O4. The van der Waals surface area contributed by atoms with Crippen molar-refractivity contribution in [3.05, 3.63) is 60.8 Å². The largest absolute Gasteiger partial charge is 0.384 e. The van der Waals surface area contributed by atoms with Gasteiger partial charge in [0.05, 0.1) is 16.2 Å². The van der Waals surface area contributed by atoms with Gasteiger partial charge in [-0.25, -0.2) is 4.79 Å². The number of nitrogens with zero attached hydrogens (tertiary/aromatic N) is 6. The van der Waals surface area contributed by atoms with Crippen LogP contribution in [0.2, 0.25) is 0 Å². The maximum atomic E-state index is 12.1. The van der Waals surface area contributed by atoms with Crippen molar-refractivity contribution >= 4 is 17.2 Å². The molecule has 164 valence electrons. The Balaban J connectivity index is 1.49. The topological polar surface area (TPSA) is 129 Å². The highest BCUT2D eigenvalue weighted by Gasteiger charge is 2.20. The number of nitro benzene ring substituents is 1. The number of nitrogens with one attached hydrogen (secondary N) is 1. The average Bonchev–Trinajstić information content (AvgIpc) is 2.78. The van der Waals surface area contributed by atoms with Gasteiger partial charge in [0.2, 0.25) is 0 Å². The van der Waals surface area contributed by atoms with Crippen LogP contribution in [0.15, 0.2) is 33.9 Å². The summed E-state index contributed by atoms with van der Waals surface area (Å²) >= 11 is 0. The quantitative estimate of drug-likeness (QED) is 0.384. The maximum Gasteiger partial charge on any atom is 0.332 e. The fraction of sp³-hybridized carbons (Fsp3) is 0.450. The molecule has 31 heavy (non-hydrogen) atoms. The average molecular weight is 427 g/mol. The van der Waals surface area contributed by atoms with Gasteiger partial charge in [0.1, 0.15) is 11.9 Å². The molecule has 1 aromatic heterocycles. The SMILES string of the molecule is Cn1c(N2CCN(CCCNc3ccc([N+](=O)[O-])cc3C#N)CC2)cc(=O)n(C)c1=O. The van der Waals surface area contributed by atoms with Crippen LogP contribution in [0.25, 0.3) is 0 Å². The molecule has 0 spiro atoms. The van der Waals surface area contributed by atoms with Crippen molar-refractivity contribution in [2.45, 2.75) is 6.42 Å². The number of hydrogen-bond acceptors (Lipinski definition) is 8. The molecule has 1 aromatic carbocycles. The monoisotopic (exact) mass is 427 g/mol. The first-order chi connectivity index (χ1) is 14.8. The number of non-ortho nitro benzene ring substituents is 1. The molecule has 0 saturated carbocycles. The van der Waals surface area contributed by atoms with Gasteiger partial charge in [0, 0.05) is 65.0 Å². The minimum Gasteiger partial charge on any atom is -0.384 e. The van der Waals surface area contributed by atoms with Crippen LogP contribution < -0.4 is 21.5 Å². The second-order valence-corrected chi connectivity index (χ2v) is 7.45. The first kappa shape index (κ1) is 22.0. The second kappa shape index (κ2) is 9.44. The van der Waals surface area contributed by atoms with Gasteiger partial charge in [0.15, 0.2) is 0 Å². The zero-order valence-electron chi connectivity index (χ0n) is 17.6. The number of nitriles is 1. The van der Waals surface area contributed by atoms with Crippen molar-refractivity contribution in [1.29, 1.82) is 5.26 Å². The molecule has 0 aliphatic carbocycles. The zero-order chi connectivity index (χ0) is 22.5. The highest BCUT2D eigenvalue weighted by atomic mass is 16.6. The van der Waals surface area contributed by atoms with E-state index in [1.807, 2.05) is 11.0 Å². The molecule has 0 atom stereocenters. The Hall–Kier alpha value is -3.65. The lowest BCUT2D eigenvalue weighted by Gasteiger charge is -2.36. The molecule has 1 aliphatic rings. The minimum absolute atomic E-state index is 0.103. The third kappa shape index (κ3) is 4.92. The van der Waals surface area contributed by atoms with E-state index >= 15 is 0 Å². The molecule has 1 N–H and O–H groups in total. The summed E-state index contributed by atoms with van der Waals surface area (Å²) in [6.07, 6.45) is 0.840. The number of anilines is 2. The van der Waals surface area contributed by atoms with Crippen molar-refractivity contribution in [3.63, 3.8) is 0 Å². The van der Waals surface area contributed by atoms with E-state index in [4.69, 9.17) is 0 Å². The molecule has 1 aliphatic heterocycles. The van der Waals surface area contributed by atoms with Crippen molar-refractivity contribution in [2.24, 2.45) is 14.1 Å². The Morgan fingerprint density at radius 3 is 2.48 bits per heavy atom. The zero-order valence-corrected chi connectivity index (χ0v) is 17.6. The lowest BCUT2D eigenvalue weighted by molar-refractivity contribution is -0.384. The van der Waals surface area contributed by atoms with Gasteiger partial charge in [-0.15, -0.1) is 0 Å². The Kier molecular flexibility index (Phi) is 6.71. The van der Waals surface area contributed by atoms with E-state index in [1.54, 1.807) is 13.1 Å². The van der Waals surface area contributed by atoms with E-state index in [2.05, 4.69) is 10.2 Å². The van der Waals surface area contributed by atoms with Crippen molar-refractivity contribution in [1.82, 2.24) is 14.0 Å². The van der Waals surface area contributed by atoms with Crippen LogP contribution >= 0.6 is 0 Å². The smallest absolute Gasteiger partial charge is 0.332 e. The summed E-state index contributed by atoms with van der Waals surface area (Å²) in [6.45, 7) is 4.54. The van der Waals surface area contributed by atoms with Crippen LogP contribution in [-0.2, 0) is 14.1 Å². The first-order valence-electron chi connectivity index (χ1n) is 9.98. The summed E-state index contributed by atoms with van der Waals surface area (Å²) in [7, 11) is 3.14. The molecule has 11 nitrogen and oxygen atoms in total. The van der Waals surface area contributed by atoms with Crippen LogP contribution in [0, 0.1) is 21.4 Å². The van der Waals surface area contributed by atoms with Gasteiger partial charge in [-0.1, -0.05) is 0 Å². The molecular weight excluding hydrogens is 402 g/mol. The minimum atomic E-state index is -0.518. The van der Waals surface area contributed by atoms with E-state index in [9.17, 15) is 25.0 Å². The fourth-order valence-corrected chi connectivity index (χ4v) is 3.64. The van der Waals surface area contributed by atoms with Crippen molar-refractivity contribution < 1.29 is 4.92 Å². The number of nitro groups is 1. The van der Waals surface area contributed by atoms with Crippen molar-refractivity contribution in [2.75, 3.05) is 49.5 Å². The van der Waals surface area contributed by atoms with E-state index < -0.39 is 4.92 Å². The molecule has 1 saturated heterocycles. The number of benzene rings is 1. The lowest BCUT2D eigenvalue weighted by atomic mass is 10.1.